The Hall–Kier alpha value is -3.24. The van der Waals surface area contributed by atoms with Crippen LogP contribution in [0, 0.1) is 0 Å². The van der Waals surface area contributed by atoms with Crippen molar-refractivity contribution in [2.45, 2.75) is 10.9 Å². The molecule has 2 amide bonds. The molecular weight excluding hydrogens is 448 g/mol. The molecule has 9 nitrogen and oxygen atoms in total. The zero-order chi connectivity index (χ0) is 22.8. The highest BCUT2D eigenvalue weighted by Gasteiger charge is 2.35. The molecule has 2 aromatic rings. The third-order valence-corrected chi connectivity index (χ3v) is 6.54. The Balaban J connectivity index is 2.08. The van der Waals surface area contributed by atoms with Gasteiger partial charge in [0.15, 0.2) is 9.84 Å². The molecule has 3 N–H and O–H groups in total. The van der Waals surface area contributed by atoms with Crippen LogP contribution in [0.25, 0.3) is 0 Å². The summed E-state index contributed by atoms with van der Waals surface area (Å²) in [5.74, 6) is -1.20. The number of phenolic OH excluding ortho intramolecular Hbond substituents is 1. The molecule has 31 heavy (non-hydrogen) atoms. The van der Waals surface area contributed by atoms with Crippen LogP contribution in [0.1, 0.15) is 11.6 Å². The lowest BCUT2D eigenvalue weighted by atomic mass is 9.95. The highest BCUT2D eigenvalue weighted by atomic mass is 35.5. The van der Waals surface area contributed by atoms with Crippen molar-refractivity contribution in [3.8, 4) is 11.5 Å². The Morgan fingerprint density at radius 1 is 1.16 bits per heavy atom. The van der Waals surface area contributed by atoms with E-state index in [1.807, 2.05) is 0 Å². The van der Waals surface area contributed by atoms with E-state index in [4.69, 9.17) is 21.1 Å². The number of carbonyl (C=O) groups is 2. The maximum absolute atomic E-state index is 13.0. The zero-order valence-corrected chi connectivity index (χ0v) is 18.1. The third-order valence-electron chi connectivity index (χ3n) is 4.60. The molecule has 11 heteroatoms. The number of sulfone groups is 1. The highest BCUT2D eigenvalue weighted by Crippen LogP contribution is 2.31. The van der Waals surface area contributed by atoms with E-state index in [1.54, 1.807) is 0 Å². The number of rotatable bonds is 6. The predicted molar refractivity (Wildman–Crippen MR) is 112 cm³/mol. The molecule has 164 valence electrons. The number of nitrogens with one attached hydrogen (secondary N) is 2. The van der Waals surface area contributed by atoms with Crippen LogP contribution in [0.3, 0.4) is 0 Å². The minimum absolute atomic E-state index is 0.00760. The largest absolute Gasteiger partial charge is 0.508 e. The van der Waals surface area contributed by atoms with E-state index in [9.17, 15) is 23.1 Å². The topological polar surface area (TPSA) is 131 Å². The van der Waals surface area contributed by atoms with Crippen LogP contribution in [0.4, 0.5) is 4.79 Å². The fraction of sp³-hybridized carbons (Fsp3) is 0.200. The molecule has 1 heterocycles. The average molecular weight is 467 g/mol. The van der Waals surface area contributed by atoms with Gasteiger partial charge in [0.2, 0.25) is 0 Å². The second-order valence-electron chi connectivity index (χ2n) is 6.56. The normalized spacial score (nSPS) is 16.4. The molecule has 3 rings (SSSR count). The first kappa shape index (κ1) is 22.4. The number of methoxy groups -OCH3 is 2. The number of carbonyl (C=O) groups excluding carboxylic acids is 2. The van der Waals surface area contributed by atoms with Gasteiger partial charge in [0, 0.05) is 5.70 Å². The van der Waals surface area contributed by atoms with Crippen LogP contribution >= 0.6 is 11.6 Å². The predicted octanol–water partition coefficient (Wildman–Crippen LogP) is 2.31. The number of ether oxygens (including phenoxy) is 2. The van der Waals surface area contributed by atoms with Gasteiger partial charge in [-0.2, -0.15) is 0 Å². The molecular formula is C20H19ClN2O7S. The summed E-state index contributed by atoms with van der Waals surface area (Å²) in [6, 6.07) is 8.06. The number of hydrogen-bond donors (Lipinski definition) is 3. The van der Waals surface area contributed by atoms with Crippen molar-refractivity contribution >= 4 is 33.4 Å². The summed E-state index contributed by atoms with van der Waals surface area (Å²) in [6.07, 6.45) is 0. The van der Waals surface area contributed by atoms with Gasteiger partial charge in [-0.25, -0.2) is 18.0 Å². The number of hydrogen-bond acceptors (Lipinski definition) is 7. The quantitative estimate of drug-likeness (QED) is 0.556. The van der Waals surface area contributed by atoms with Crippen LogP contribution in [0.15, 0.2) is 58.6 Å². The Labute approximate surface area is 183 Å². The van der Waals surface area contributed by atoms with Crippen LogP contribution in [-0.2, 0) is 19.4 Å². The number of urea groups is 1. The lowest BCUT2D eigenvalue weighted by molar-refractivity contribution is -0.136. The molecule has 2 aromatic carbocycles. The molecule has 0 aliphatic carbocycles. The van der Waals surface area contributed by atoms with E-state index < -0.39 is 33.6 Å². The van der Waals surface area contributed by atoms with E-state index in [-0.39, 0.29) is 26.9 Å². The molecule has 0 spiro atoms. The summed E-state index contributed by atoms with van der Waals surface area (Å²) in [7, 11) is -1.46. The second kappa shape index (κ2) is 8.86. The first-order valence-corrected chi connectivity index (χ1v) is 10.9. The molecule has 1 aliphatic rings. The van der Waals surface area contributed by atoms with Gasteiger partial charge >= 0.3 is 12.0 Å². The van der Waals surface area contributed by atoms with Crippen LogP contribution in [-0.4, -0.2) is 45.5 Å². The smallest absolute Gasteiger partial charge is 0.338 e. The van der Waals surface area contributed by atoms with E-state index >= 15 is 0 Å². The number of esters is 1. The van der Waals surface area contributed by atoms with Crippen molar-refractivity contribution in [2.75, 3.05) is 20.0 Å². The van der Waals surface area contributed by atoms with Crippen molar-refractivity contribution < 1.29 is 32.6 Å². The van der Waals surface area contributed by atoms with Crippen molar-refractivity contribution in [2.24, 2.45) is 0 Å². The van der Waals surface area contributed by atoms with Gasteiger partial charge in [-0.3, -0.25) is 0 Å². The summed E-state index contributed by atoms with van der Waals surface area (Å²) in [5, 5.41) is 14.6. The SMILES string of the molecule is COC(=O)C1=C(CS(=O)(=O)c2ccc(OC)c(Cl)c2)NC(=O)N[C@H]1c1ccc(O)cc1. The van der Waals surface area contributed by atoms with E-state index in [0.717, 1.165) is 7.11 Å². The van der Waals surface area contributed by atoms with E-state index in [1.165, 1.54) is 49.6 Å². The number of phenols is 1. The van der Waals surface area contributed by atoms with Gasteiger partial charge in [-0.05, 0) is 35.9 Å². The Kier molecular flexibility index (Phi) is 6.42. The number of aromatic hydroxyl groups is 1. The van der Waals surface area contributed by atoms with Gasteiger partial charge in [0.05, 0.1) is 41.5 Å². The maximum atomic E-state index is 13.0. The Bertz CT molecular complexity index is 1160. The maximum Gasteiger partial charge on any atom is 0.338 e. The minimum Gasteiger partial charge on any atom is -0.508 e. The van der Waals surface area contributed by atoms with Gasteiger partial charge in [-0.1, -0.05) is 23.7 Å². The van der Waals surface area contributed by atoms with E-state index in [2.05, 4.69) is 10.6 Å². The second-order valence-corrected chi connectivity index (χ2v) is 8.96. The molecule has 0 aromatic heterocycles. The molecule has 0 saturated heterocycles. The standard InChI is InChI=1S/C20H19ClN2O7S/c1-29-16-8-7-13(9-14(16)21)31(27,28)10-15-17(19(25)30-2)18(23-20(26)22-15)11-3-5-12(24)6-4-11/h3-9,18,24H,10H2,1-2H3,(H2,22,23,26)/t18-/m0/s1. The Morgan fingerprint density at radius 3 is 2.42 bits per heavy atom. The van der Waals surface area contributed by atoms with Gasteiger partial charge < -0.3 is 25.2 Å². The number of benzene rings is 2. The lowest BCUT2D eigenvalue weighted by Crippen LogP contribution is -2.47. The van der Waals surface area contributed by atoms with Gasteiger partial charge in [0.1, 0.15) is 11.5 Å². The molecule has 0 radical (unpaired) electrons. The number of amides is 2. The van der Waals surface area contributed by atoms with Gasteiger partial charge in [-0.15, -0.1) is 0 Å². The molecule has 0 bridgehead atoms. The fourth-order valence-electron chi connectivity index (χ4n) is 3.11. The molecule has 0 unspecified atom stereocenters. The van der Waals surface area contributed by atoms with E-state index in [0.29, 0.717) is 11.3 Å². The number of halogens is 1. The van der Waals surface area contributed by atoms with Crippen molar-refractivity contribution in [1.29, 1.82) is 0 Å². The molecule has 0 fully saturated rings. The average Bonchev–Trinajstić information content (AvgIpc) is 2.73. The van der Waals surface area contributed by atoms with Crippen molar-refractivity contribution in [1.82, 2.24) is 10.6 Å². The van der Waals surface area contributed by atoms with Crippen LogP contribution in [0.2, 0.25) is 5.02 Å². The summed E-state index contributed by atoms with van der Waals surface area (Å²) in [5.41, 5.74) is 0.257. The molecule has 1 atom stereocenters. The highest BCUT2D eigenvalue weighted by molar-refractivity contribution is 7.91. The first-order chi connectivity index (χ1) is 14.7. The fourth-order valence-corrected chi connectivity index (χ4v) is 4.78. The molecule has 1 aliphatic heterocycles. The lowest BCUT2D eigenvalue weighted by Gasteiger charge is -2.29. The summed E-state index contributed by atoms with van der Waals surface area (Å²) in [6.45, 7) is 0. The summed E-state index contributed by atoms with van der Waals surface area (Å²) in [4.78, 5) is 24.7. The van der Waals surface area contributed by atoms with Crippen LogP contribution < -0.4 is 15.4 Å². The Morgan fingerprint density at radius 2 is 1.84 bits per heavy atom. The van der Waals surface area contributed by atoms with Crippen molar-refractivity contribution in [3.05, 3.63) is 64.3 Å². The summed E-state index contributed by atoms with van der Waals surface area (Å²) < 4.78 is 35.9. The third kappa shape index (κ3) is 4.75. The monoisotopic (exact) mass is 466 g/mol. The van der Waals surface area contributed by atoms with Crippen molar-refractivity contribution in [3.63, 3.8) is 0 Å². The molecule has 0 saturated carbocycles. The van der Waals surface area contributed by atoms with Gasteiger partial charge in [0.25, 0.3) is 0 Å². The first-order valence-electron chi connectivity index (χ1n) is 8.90. The zero-order valence-electron chi connectivity index (χ0n) is 16.5. The minimum atomic E-state index is -4.01. The van der Waals surface area contributed by atoms with Crippen LogP contribution in [0.5, 0.6) is 11.5 Å². The summed E-state index contributed by atoms with van der Waals surface area (Å²) >= 11 is 6.04.